The molecule has 1 saturated heterocycles. The molecule has 1 aliphatic heterocycles. The second-order valence-corrected chi connectivity index (χ2v) is 11.4. The summed E-state index contributed by atoms with van der Waals surface area (Å²) in [5.41, 5.74) is -1.34. The van der Waals surface area contributed by atoms with Crippen molar-refractivity contribution in [3.05, 3.63) is 11.6 Å². The molecule has 1 spiro atoms. The number of ether oxygens (including phenoxy) is 3. The summed E-state index contributed by atoms with van der Waals surface area (Å²) in [6.07, 6.45) is 3.94. The van der Waals surface area contributed by atoms with Crippen LogP contribution >= 0.6 is 0 Å². The van der Waals surface area contributed by atoms with E-state index in [2.05, 4.69) is 6.92 Å². The maximum Gasteiger partial charge on any atom is 0.302 e. The van der Waals surface area contributed by atoms with E-state index in [0.29, 0.717) is 32.5 Å². The van der Waals surface area contributed by atoms with E-state index in [1.807, 2.05) is 13.0 Å². The topological polar surface area (TPSA) is 85.2 Å². The third kappa shape index (κ3) is 3.07. The molecule has 5 rings (SSSR count). The third-order valence-corrected chi connectivity index (χ3v) is 10.0. The van der Waals surface area contributed by atoms with Crippen LogP contribution in [0.1, 0.15) is 65.7 Å². The smallest absolute Gasteiger partial charge is 0.302 e. The van der Waals surface area contributed by atoms with Crippen LogP contribution < -0.4 is 0 Å². The number of esters is 1. The van der Waals surface area contributed by atoms with Crippen molar-refractivity contribution in [3.8, 4) is 0 Å². The summed E-state index contributed by atoms with van der Waals surface area (Å²) in [7, 11) is 0. The Balaban J connectivity index is 1.45. The lowest BCUT2D eigenvalue weighted by atomic mass is 9.42. The summed E-state index contributed by atoms with van der Waals surface area (Å²) in [6.45, 7) is 6.74. The molecule has 7 heteroatoms. The third-order valence-electron chi connectivity index (χ3n) is 10.0. The summed E-state index contributed by atoms with van der Waals surface area (Å²) in [5, 5.41) is 23.3. The second-order valence-electron chi connectivity index (χ2n) is 11.4. The first-order valence-electron chi connectivity index (χ1n) is 12.2. The Kier molecular flexibility index (Phi) is 5.33. The number of hydrogen-bond donors (Lipinski definition) is 2. The highest BCUT2D eigenvalue weighted by Gasteiger charge is 2.71. The van der Waals surface area contributed by atoms with E-state index in [4.69, 9.17) is 14.2 Å². The molecule has 0 aromatic heterocycles. The first-order valence-corrected chi connectivity index (χ1v) is 12.2. The van der Waals surface area contributed by atoms with Gasteiger partial charge in [0.15, 0.2) is 5.79 Å². The van der Waals surface area contributed by atoms with Gasteiger partial charge in [0.05, 0.1) is 19.3 Å². The van der Waals surface area contributed by atoms with Gasteiger partial charge in [0.25, 0.3) is 0 Å². The largest absolute Gasteiger partial charge is 0.462 e. The van der Waals surface area contributed by atoms with E-state index in [9.17, 15) is 15.0 Å². The molecular weight excluding hydrogens is 415 g/mol. The Morgan fingerprint density at radius 2 is 2.00 bits per heavy atom. The van der Waals surface area contributed by atoms with Crippen molar-refractivity contribution in [2.75, 3.05) is 19.8 Å². The Hall–Kier alpha value is -1.02. The highest BCUT2D eigenvalue weighted by atomic mass is 19.1. The van der Waals surface area contributed by atoms with Crippen LogP contribution in [0.5, 0.6) is 0 Å². The quantitative estimate of drug-likeness (QED) is 0.494. The minimum Gasteiger partial charge on any atom is -0.462 e. The normalized spacial score (nSPS) is 50.7. The molecule has 0 aromatic rings. The van der Waals surface area contributed by atoms with Crippen molar-refractivity contribution in [3.63, 3.8) is 0 Å². The Morgan fingerprint density at radius 1 is 1.28 bits per heavy atom. The lowest BCUT2D eigenvalue weighted by Crippen LogP contribution is -2.71. The first kappa shape index (κ1) is 22.8. The van der Waals surface area contributed by atoms with Gasteiger partial charge in [-0.2, -0.15) is 0 Å². The van der Waals surface area contributed by atoms with Gasteiger partial charge in [-0.15, -0.1) is 0 Å². The van der Waals surface area contributed by atoms with Gasteiger partial charge in [0.2, 0.25) is 0 Å². The molecule has 180 valence electrons. The fraction of sp³-hybridized carbons (Fsp3) is 0.880. The molecule has 8 atom stereocenters. The summed E-state index contributed by atoms with van der Waals surface area (Å²) in [6, 6.07) is 0. The first-order chi connectivity index (χ1) is 15.0. The number of alkyl halides is 1. The summed E-state index contributed by atoms with van der Waals surface area (Å²) < 4.78 is 32.8. The molecule has 0 amide bonds. The van der Waals surface area contributed by atoms with E-state index in [0.717, 1.165) is 12.8 Å². The van der Waals surface area contributed by atoms with Gasteiger partial charge in [-0.1, -0.05) is 19.4 Å². The molecule has 0 radical (unpaired) electrons. The number of halogens is 1. The average molecular weight is 453 g/mol. The number of fused-ring (bicyclic) bond motifs is 5. The van der Waals surface area contributed by atoms with E-state index in [1.54, 1.807) is 0 Å². The van der Waals surface area contributed by atoms with Gasteiger partial charge < -0.3 is 24.4 Å². The Labute approximate surface area is 189 Å². The molecule has 0 aromatic carbocycles. The molecular formula is C25H37FO6. The van der Waals surface area contributed by atoms with Crippen molar-refractivity contribution >= 4 is 5.97 Å². The molecule has 7 unspecified atom stereocenters. The van der Waals surface area contributed by atoms with Gasteiger partial charge in [-0.05, 0) is 61.3 Å². The van der Waals surface area contributed by atoms with Crippen molar-refractivity contribution in [1.29, 1.82) is 0 Å². The molecule has 4 saturated carbocycles. The molecule has 0 bridgehead atoms. The summed E-state index contributed by atoms with van der Waals surface area (Å²) in [5.74, 6) is -1.11. The Bertz CT molecular complexity index is 808. The fourth-order valence-corrected chi connectivity index (χ4v) is 8.49. The van der Waals surface area contributed by atoms with Gasteiger partial charge in [-0.3, -0.25) is 4.79 Å². The van der Waals surface area contributed by atoms with Crippen LogP contribution in [0, 0.1) is 28.6 Å². The zero-order valence-electron chi connectivity index (χ0n) is 19.4. The van der Waals surface area contributed by atoms with Gasteiger partial charge in [-0.25, -0.2) is 4.39 Å². The molecule has 2 N–H and O–H groups in total. The number of carbonyl (C=O) groups is 1. The zero-order valence-corrected chi connectivity index (χ0v) is 19.4. The molecule has 1 heterocycles. The van der Waals surface area contributed by atoms with Gasteiger partial charge >= 0.3 is 5.97 Å². The number of aliphatic hydroxyl groups is 2. The van der Waals surface area contributed by atoms with Crippen LogP contribution in [-0.4, -0.2) is 59.7 Å². The summed E-state index contributed by atoms with van der Waals surface area (Å²) >= 11 is 0. The second kappa shape index (κ2) is 7.49. The van der Waals surface area contributed by atoms with Crippen molar-refractivity contribution in [1.82, 2.24) is 0 Å². The predicted molar refractivity (Wildman–Crippen MR) is 114 cm³/mol. The molecule has 32 heavy (non-hydrogen) atoms. The molecule has 5 aliphatic rings. The van der Waals surface area contributed by atoms with Crippen LogP contribution in [0.25, 0.3) is 0 Å². The van der Waals surface area contributed by atoms with Crippen LogP contribution in [0.4, 0.5) is 4.39 Å². The molecule has 4 aliphatic carbocycles. The lowest BCUT2D eigenvalue weighted by molar-refractivity contribution is -0.312. The minimum atomic E-state index is -1.57. The average Bonchev–Trinajstić information content (AvgIpc) is 3.29. The minimum absolute atomic E-state index is 0.00288. The summed E-state index contributed by atoms with van der Waals surface area (Å²) in [4.78, 5) is 11.2. The highest BCUT2D eigenvalue weighted by molar-refractivity contribution is 5.66. The van der Waals surface area contributed by atoms with Crippen LogP contribution in [0.2, 0.25) is 0 Å². The van der Waals surface area contributed by atoms with Gasteiger partial charge in [0.1, 0.15) is 18.4 Å². The van der Waals surface area contributed by atoms with E-state index < -0.39 is 29.1 Å². The van der Waals surface area contributed by atoms with Crippen molar-refractivity contribution in [2.24, 2.45) is 28.6 Å². The highest BCUT2D eigenvalue weighted by Crippen LogP contribution is 2.69. The number of hydrogen-bond acceptors (Lipinski definition) is 6. The zero-order chi connectivity index (χ0) is 22.9. The Morgan fingerprint density at radius 3 is 2.69 bits per heavy atom. The fourth-order valence-electron chi connectivity index (χ4n) is 8.49. The van der Waals surface area contributed by atoms with E-state index >= 15 is 4.39 Å². The number of rotatable bonds is 2. The maximum atomic E-state index is 15.9. The number of allylic oxidation sites excluding steroid dienone is 1. The monoisotopic (exact) mass is 452 g/mol. The van der Waals surface area contributed by atoms with Crippen LogP contribution in [-0.2, 0) is 19.0 Å². The lowest BCUT2D eigenvalue weighted by Gasteiger charge is -2.66. The van der Waals surface area contributed by atoms with Crippen LogP contribution in [0.15, 0.2) is 11.6 Å². The standard InChI is InChI=1S/C25H37FO6/c1-15(27)30-9-6-16-4-5-18-17-12-20(26)25(29)14-24(31-10-11-32-24)8-7-23(25,3)21(17)19(28)13-22(16,18)2/h6,17-21,28-29H,4-5,7-14H2,1-3H3/t17?,18?,19?,20?,21?,22?,23?,25-/m0/s1. The number of aliphatic hydroxyl groups excluding tert-OH is 1. The maximum absolute atomic E-state index is 15.9. The van der Waals surface area contributed by atoms with Crippen molar-refractivity contribution < 1.29 is 33.6 Å². The van der Waals surface area contributed by atoms with Crippen LogP contribution in [0.3, 0.4) is 0 Å². The van der Waals surface area contributed by atoms with Crippen molar-refractivity contribution in [2.45, 2.75) is 89.4 Å². The number of carbonyl (C=O) groups excluding carboxylic acids is 1. The molecule has 6 nitrogen and oxygen atoms in total. The SMILES string of the molecule is CC(=O)OCC=C1CCC2C3CC(F)[C@@]4(O)CC5(CCC4(C)C3C(O)CC12C)OCCO5. The molecule has 5 fully saturated rings. The van der Waals surface area contributed by atoms with E-state index in [-0.39, 0.29) is 48.6 Å². The van der Waals surface area contributed by atoms with E-state index in [1.165, 1.54) is 12.5 Å². The predicted octanol–water partition coefficient (Wildman–Crippen LogP) is 3.30. The van der Waals surface area contributed by atoms with Gasteiger partial charge in [0, 0.05) is 25.2 Å².